The molecule has 2 aliphatic rings. The fourth-order valence-electron chi connectivity index (χ4n) is 4.27. The smallest absolute Gasteiger partial charge is 0.333 e. The summed E-state index contributed by atoms with van der Waals surface area (Å²) in [7, 11) is 5.64. The number of aromatic nitrogens is 2. The van der Waals surface area contributed by atoms with Crippen LogP contribution in [0.25, 0.3) is 0 Å². The lowest BCUT2D eigenvalue weighted by molar-refractivity contribution is -0.384. The Morgan fingerprint density at radius 3 is 2.03 bits per heavy atom. The Morgan fingerprint density at radius 1 is 0.968 bits per heavy atom. The third kappa shape index (κ3) is 2.54. The van der Waals surface area contributed by atoms with Crippen LogP contribution in [-0.4, -0.2) is 62.0 Å². The van der Waals surface area contributed by atoms with Gasteiger partial charge in [0.15, 0.2) is 0 Å². The molecule has 0 saturated carbocycles. The zero-order valence-electron chi connectivity index (χ0n) is 17.2. The average molecular weight is 429 g/mol. The van der Waals surface area contributed by atoms with E-state index in [0.29, 0.717) is 5.56 Å². The van der Waals surface area contributed by atoms with Crippen LogP contribution >= 0.6 is 0 Å². The molecule has 12 heteroatoms. The summed E-state index contributed by atoms with van der Waals surface area (Å²) in [4.78, 5) is 65.4. The molecule has 162 valence electrons. The molecule has 12 nitrogen and oxygen atoms in total. The highest BCUT2D eigenvalue weighted by Gasteiger charge is 2.66. The van der Waals surface area contributed by atoms with E-state index in [-0.39, 0.29) is 23.8 Å². The average Bonchev–Trinajstić information content (AvgIpc) is 3.11. The SMILES string of the molecule is CN1CN(C)C(=O)C2(Oc3c(c(=O)n(C)c(=O)n3C)C2c2ccc([N+](=O)[O-])cc2)C1=O. The van der Waals surface area contributed by atoms with E-state index in [4.69, 9.17) is 4.74 Å². The summed E-state index contributed by atoms with van der Waals surface area (Å²) in [6, 6.07) is 5.20. The fourth-order valence-corrected chi connectivity index (χ4v) is 4.27. The zero-order valence-corrected chi connectivity index (χ0v) is 17.2. The number of non-ortho nitro benzene ring substituents is 1. The predicted octanol–water partition coefficient (Wildman–Crippen LogP) is -0.857. The first kappa shape index (κ1) is 20.3. The van der Waals surface area contributed by atoms with E-state index >= 15 is 0 Å². The van der Waals surface area contributed by atoms with Crippen molar-refractivity contribution in [2.24, 2.45) is 14.1 Å². The molecule has 31 heavy (non-hydrogen) atoms. The molecular formula is C19H19N5O7. The highest BCUT2D eigenvalue weighted by molar-refractivity contribution is 6.12. The van der Waals surface area contributed by atoms with Crippen LogP contribution in [0.3, 0.4) is 0 Å². The number of benzene rings is 1. The van der Waals surface area contributed by atoms with E-state index in [1.165, 1.54) is 62.3 Å². The van der Waals surface area contributed by atoms with Crippen LogP contribution in [0.15, 0.2) is 33.9 Å². The maximum Gasteiger partial charge on any atom is 0.333 e. The van der Waals surface area contributed by atoms with Crippen LogP contribution in [0.5, 0.6) is 5.88 Å². The van der Waals surface area contributed by atoms with Crippen molar-refractivity contribution < 1.29 is 19.2 Å². The highest BCUT2D eigenvalue weighted by Crippen LogP contribution is 2.49. The van der Waals surface area contributed by atoms with Gasteiger partial charge in [0, 0.05) is 40.3 Å². The predicted molar refractivity (Wildman–Crippen MR) is 106 cm³/mol. The van der Waals surface area contributed by atoms with Gasteiger partial charge >= 0.3 is 5.69 Å². The number of amides is 2. The van der Waals surface area contributed by atoms with E-state index in [0.717, 1.165) is 9.13 Å². The molecule has 1 spiro atoms. The number of fused-ring (bicyclic) bond motifs is 1. The largest absolute Gasteiger partial charge is 0.450 e. The van der Waals surface area contributed by atoms with Gasteiger partial charge in [-0.1, -0.05) is 12.1 Å². The van der Waals surface area contributed by atoms with Gasteiger partial charge < -0.3 is 14.5 Å². The second-order valence-corrected chi connectivity index (χ2v) is 7.69. The number of likely N-dealkylation sites (N-methyl/N-ethyl adjacent to an activating group) is 2. The normalized spacial score (nSPS) is 19.5. The molecular weight excluding hydrogens is 410 g/mol. The summed E-state index contributed by atoms with van der Waals surface area (Å²) in [6.07, 6.45) is 0. The number of nitro groups is 1. The molecule has 1 atom stereocenters. The topological polar surface area (TPSA) is 137 Å². The number of ether oxygens (including phenoxy) is 1. The Balaban J connectivity index is 2.07. The summed E-state index contributed by atoms with van der Waals surface area (Å²) in [5.41, 5.74) is -3.48. The van der Waals surface area contributed by atoms with Crippen LogP contribution in [0.1, 0.15) is 17.0 Å². The first-order valence-corrected chi connectivity index (χ1v) is 9.26. The summed E-state index contributed by atoms with van der Waals surface area (Å²) >= 11 is 0. The van der Waals surface area contributed by atoms with Gasteiger partial charge in [0.25, 0.3) is 28.7 Å². The molecule has 2 aliphatic heterocycles. The molecule has 1 aromatic heterocycles. The lowest BCUT2D eigenvalue weighted by Crippen LogP contribution is -2.68. The van der Waals surface area contributed by atoms with Gasteiger partial charge in [-0.25, -0.2) is 4.79 Å². The molecule has 1 saturated heterocycles. The first-order chi connectivity index (χ1) is 14.5. The van der Waals surface area contributed by atoms with Crippen molar-refractivity contribution in [3.8, 4) is 5.88 Å². The fraction of sp³-hybridized carbons (Fsp3) is 0.368. The molecule has 2 aromatic rings. The highest BCUT2D eigenvalue weighted by atomic mass is 16.6. The maximum atomic E-state index is 13.4. The van der Waals surface area contributed by atoms with Crippen LogP contribution < -0.4 is 16.0 Å². The van der Waals surface area contributed by atoms with E-state index in [1.807, 2.05) is 0 Å². The van der Waals surface area contributed by atoms with Gasteiger partial charge in [0.2, 0.25) is 5.88 Å². The Morgan fingerprint density at radius 2 is 1.52 bits per heavy atom. The number of hydrogen-bond acceptors (Lipinski definition) is 7. The first-order valence-electron chi connectivity index (χ1n) is 9.26. The maximum absolute atomic E-state index is 13.4. The van der Waals surface area contributed by atoms with E-state index in [9.17, 15) is 29.3 Å². The Bertz CT molecular complexity index is 1240. The number of hydrogen-bond donors (Lipinski definition) is 0. The molecule has 3 heterocycles. The van der Waals surface area contributed by atoms with Crippen molar-refractivity contribution in [2.45, 2.75) is 11.5 Å². The van der Waals surface area contributed by atoms with Crippen molar-refractivity contribution in [3.63, 3.8) is 0 Å². The van der Waals surface area contributed by atoms with Crippen LogP contribution in [0, 0.1) is 10.1 Å². The van der Waals surface area contributed by atoms with Crippen molar-refractivity contribution in [2.75, 3.05) is 20.8 Å². The Hall–Kier alpha value is -3.96. The van der Waals surface area contributed by atoms with Crippen molar-refractivity contribution in [1.82, 2.24) is 18.9 Å². The van der Waals surface area contributed by atoms with E-state index in [2.05, 4.69) is 0 Å². The Kier molecular flexibility index (Phi) is 4.27. The summed E-state index contributed by atoms with van der Waals surface area (Å²) in [5, 5.41) is 11.1. The lowest BCUT2D eigenvalue weighted by Gasteiger charge is -2.43. The minimum Gasteiger partial charge on any atom is -0.450 e. The van der Waals surface area contributed by atoms with Gasteiger partial charge in [0.05, 0.1) is 23.1 Å². The number of rotatable bonds is 2. The molecule has 0 bridgehead atoms. The van der Waals surface area contributed by atoms with Crippen LogP contribution in [0.4, 0.5) is 5.69 Å². The summed E-state index contributed by atoms with van der Waals surface area (Å²) in [5.74, 6) is -2.74. The monoisotopic (exact) mass is 429 g/mol. The second kappa shape index (κ2) is 6.52. The molecule has 0 aliphatic carbocycles. The van der Waals surface area contributed by atoms with Crippen LogP contribution in [0.2, 0.25) is 0 Å². The molecule has 1 aromatic carbocycles. The number of nitrogens with zero attached hydrogens (tertiary/aromatic N) is 5. The zero-order chi connectivity index (χ0) is 22.8. The quantitative estimate of drug-likeness (QED) is 0.344. The lowest BCUT2D eigenvalue weighted by atomic mass is 9.77. The van der Waals surface area contributed by atoms with Crippen LogP contribution in [-0.2, 0) is 23.7 Å². The number of carbonyl (C=O) groups is 2. The molecule has 1 unspecified atom stereocenters. The van der Waals surface area contributed by atoms with Gasteiger partial charge in [0.1, 0.15) is 0 Å². The van der Waals surface area contributed by atoms with Crippen molar-refractivity contribution >= 4 is 17.5 Å². The number of carbonyl (C=O) groups excluding carboxylic acids is 2. The van der Waals surface area contributed by atoms with E-state index < -0.39 is 39.5 Å². The second-order valence-electron chi connectivity index (χ2n) is 7.69. The number of nitro benzene ring substituents is 1. The molecule has 2 amide bonds. The Labute approximate surface area is 175 Å². The van der Waals surface area contributed by atoms with Gasteiger partial charge in [-0.2, -0.15) is 0 Å². The molecule has 0 radical (unpaired) electrons. The third-order valence-corrected chi connectivity index (χ3v) is 5.79. The van der Waals surface area contributed by atoms with Crippen molar-refractivity contribution in [3.05, 3.63) is 66.3 Å². The molecule has 4 rings (SSSR count). The van der Waals surface area contributed by atoms with Gasteiger partial charge in [-0.15, -0.1) is 0 Å². The van der Waals surface area contributed by atoms with E-state index in [1.54, 1.807) is 0 Å². The molecule has 0 N–H and O–H groups in total. The standard InChI is InChI=1S/C19H19N5O7/c1-20-9-21(2)17(27)19(16(20)26)13(10-5-7-11(8-6-10)24(29)30)12-14(25)22(3)18(28)23(4)15(12)31-19/h5-8,13H,9H2,1-4H3. The molecule has 1 fully saturated rings. The summed E-state index contributed by atoms with van der Waals surface area (Å²) in [6.45, 7) is 0.0169. The minimum absolute atomic E-state index is 0.0169. The van der Waals surface area contributed by atoms with Gasteiger partial charge in [-0.05, 0) is 5.56 Å². The minimum atomic E-state index is -2.15. The van der Waals surface area contributed by atoms with Gasteiger partial charge in [-0.3, -0.25) is 33.6 Å². The van der Waals surface area contributed by atoms with Crippen molar-refractivity contribution in [1.29, 1.82) is 0 Å². The summed E-state index contributed by atoms with van der Waals surface area (Å²) < 4.78 is 7.86. The third-order valence-electron chi connectivity index (χ3n) is 5.79.